The van der Waals surface area contributed by atoms with Crippen molar-refractivity contribution in [2.24, 2.45) is 0 Å². The van der Waals surface area contributed by atoms with E-state index in [9.17, 15) is 17.1 Å². The fourth-order valence-corrected chi connectivity index (χ4v) is 2.29. The summed E-state index contributed by atoms with van der Waals surface area (Å²) in [5, 5.41) is 2.38. The molecule has 0 fully saturated rings. The second-order valence-corrected chi connectivity index (χ2v) is 5.34. The molecule has 0 bridgehead atoms. The highest BCUT2D eigenvalue weighted by Gasteiger charge is 2.18. The number of benzene rings is 1. The van der Waals surface area contributed by atoms with E-state index in [1.165, 1.54) is 24.4 Å². The molecular weight excluding hydrogens is 283 g/mol. The number of pyridine rings is 1. The fraction of sp³-hybridized carbons (Fsp3) is 0.0769. The van der Waals surface area contributed by atoms with Gasteiger partial charge in [-0.3, -0.25) is 9.78 Å². The Labute approximate surface area is 115 Å². The largest absolute Gasteiger partial charge is 0.334 e. The SMILES string of the molecule is O=C(Cc1cccnc1)Nc1ccccc1S(=O)(=O)F. The molecule has 104 valence electrons. The summed E-state index contributed by atoms with van der Waals surface area (Å²) in [6.45, 7) is 0. The molecule has 1 N–H and O–H groups in total. The predicted molar refractivity (Wildman–Crippen MR) is 71.3 cm³/mol. The van der Waals surface area contributed by atoms with Gasteiger partial charge in [0, 0.05) is 12.4 Å². The molecule has 1 amide bonds. The summed E-state index contributed by atoms with van der Waals surface area (Å²) in [6, 6.07) is 8.70. The molecule has 0 atom stereocenters. The number of para-hydroxylation sites is 1. The first-order valence-corrected chi connectivity index (χ1v) is 7.07. The van der Waals surface area contributed by atoms with Crippen LogP contribution in [-0.2, 0) is 21.4 Å². The van der Waals surface area contributed by atoms with Gasteiger partial charge < -0.3 is 5.32 Å². The minimum Gasteiger partial charge on any atom is -0.325 e. The molecule has 20 heavy (non-hydrogen) atoms. The van der Waals surface area contributed by atoms with Crippen molar-refractivity contribution >= 4 is 21.8 Å². The summed E-state index contributed by atoms with van der Waals surface area (Å²) in [7, 11) is -4.88. The summed E-state index contributed by atoms with van der Waals surface area (Å²) in [4.78, 5) is 15.1. The number of rotatable bonds is 4. The quantitative estimate of drug-likeness (QED) is 0.874. The lowest BCUT2D eigenvalue weighted by molar-refractivity contribution is -0.115. The minimum atomic E-state index is -4.88. The van der Waals surface area contributed by atoms with E-state index in [0.29, 0.717) is 5.56 Å². The lowest BCUT2D eigenvalue weighted by atomic mass is 10.2. The molecule has 2 aromatic rings. The Morgan fingerprint density at radius 3 is 2.60 bits per heavy atom. The Morgan fingerprint density at radius 2 is 1.95 bits per heavy atom. The van der Waals surface area contributed by atoms with Crippen LogP contribution in [0.2, 0.25) is 0 Å². The Hall–Kier alpha value is -2.28. The maximum absolute atomic E-state index is 13.1. The lowest BCUT2D eigenvalue weighted by Gasteiger charge is -2.08. The van der Waals surface area contributed by atoms with Crippen LogP contribution >= 0.6 is 0 Å². The monoisotopic (exact) mass is 294 g/mol. The number of aromatic nitrogens is 1. The topological polar surface area (TPSA) is 76.1 Å². The van der Waals surface area contributed by atoms with Crippen LogP contribution in [0.25, 0.3) is 0 Å². The van der Waals surface area contributed by atoms with E-state index in [-0.39, 0.29) is 12.1 Å². The molecule has 0 unspecified atom stereocenters. The molecule has 2 rings (SSSR count). The summed E-state index contributed by atoms with van der Waals surface area (Å²) >= 11 is 0. The Balaban J connectivity index is 2.17. The molecule has 5 nitrogen and oxygen atoms in total. The first-order valence-electron chi connectivity index (χ1n) is 5.69. The van der Waals surface area contributed by atoms with Crippen molar-refractivity contribution in [3.63, 3.8) is 0 Å². The molecular formula is C13H11FN2O3S. The van der Waals surface area contributed by atoms with Crippen molar-refractivity contribution in [1.29, 1.82) is 0 Å². The molecule has 1 aromatic carbocycles. The highest BCUT2D eigenvalue weighted by atomic mass is 32.3. The van der Waals surface area contributed by atoms with Crippen LogP contribution in [0.5, 0.6) is 0 Å². The Kier molecular flexibility index (Phi) is 4.09. The first-order chi connectivity index (χ1) is 9.47. The Morgan fingerprint density at radius 1 is 1.20 bits per heavy atom. The molecule has 7 heteroatoms. The van der Waals surface area contributed by atoms with Crippen LogP contribution in [0.15, 0.2) is 53.7 Å². The zero-order chi connectivity index (χ0) is 14.6. The zero-order valence-electron chi connectivity index (χ0n) is 10.3. The van der Waals surface area contributed by atoms with Crippen molar-refractivity contribution in [1.82, 2.24) is 4.98 Å². The number of carbonyl (C=O) groups excluding carboxylic acids is 1. The maximum Gasteiger partial charge on any atom is 0.334 e. The number of hydrogen-bond acceptors (Lipinski definition) is 4. The van der Waals surface area contributed by atoms with E-state index in [1.807, 2.05) is 0 Å². The van der Waals surface area contributed by atoms with Crippen molar-refractivity contribution in [2.45, 2.75) is 11.3 Å². The van der Waals surface area contributed by atoms with Gasteiger partial charge in [0.15, 0.2) is 0 Å². The van der Waals surface area contributed by atoms with Crippen LogP contribution in [-0.4, -0.2) is 19.3 Å². The van der Waals surface area contributed by atoms with Gasteiger partial charge in [0.05, 0.1) is 12.1 Å². The van der Waals surface area contributed by atoms with Crippen LogP contribution < -0.4 is 5.32 Å². The van der Waals surface area contributed by atoms with Crippen LogP contribution in [0.4, 0.5) is 9.57 Å². The molecule has 0 saturated heterocycles. The normalized spacial score (nSPS) is 11.1. The van der Waals surface area contributed by atoms with Crippen molar-refractivity contribution in [3.8, 4) is 0 Å². The van der Waals surface area contributed by atoms with Gasteiger partial charge in [-0.15, -0.1) is 3.89 Å². The number of hydrogen-bond donors (Lipinski definition) is 1. The van der Waals surface area contributed by atoms with Crippen molar-refractivity contribution in [3.05, 3.63) is 54.4 Å². The Bertz CT molecular complexity index is 717. The number of carbonyl (C=O) groups is 1. The van der Waals surface area contributed by atoms with Gasteiger partial charge in [-0.1, -0.05) is 18.2 Å². The minimum absolute atomic E-state index is 0.0223. The molecule has 1 aromatic heterocycles. The molecule has 0 aliphatic heterocycles. The number of nitrogens with zero attached hydrogens (tertiary/aromatic N) is 1. The summed E-state index contributed by atoms with van der Waals surface area (Å²) in [6.07, 6.45) is 3.12. The van der Waals surface area contributed by atoms with Crippen molar-refractivity contribution in [2.75, 3.05) is 5.32 Å². The van der Waals surface area contributed by atoms with Crippen molar-refractivity contribution < 1.29 is 17.1 Å². The summed E-state index contributed by atoms with van der Waals surface area (Å²) in [5.74, 6) is -0.450. The highest BCUT2D eigenvalue weighted by molar-refractivity contribution is 7.86. The van der Waals surface area contributed by atoms with E-state index >= 15 is 0 Å². The van der Waals surface area contributed by atoms with Crippen LogP contribution in [0, 0.1) is 0 Å². The second-order valence-electron chi connectivity index (χ2n) is 4.02. The summed E-state index contributed by atoms with van der Waals surface area (Å²) in [5.41, 5.74) is 0.592. The number of halogens is 1. The average Bonchev–Trinajstić information content (AvgIpc) is 2.39. The van der Waals surface area contributed by atoms with Gasteiger partial charge in [0.2, 0.25) is 5.91 Å². The lowest BCUT2D eigenvalue weighted by Crippen LogP contribution is -2.16. The van der Waals surface area contributed by atoms with Gasteiger partial charge >= 0.3 is 10.2 Å². The average molecular weight is 294 g/mol. The molecule has 0 aliphatic carbocycles. The smallest absolute Gasteiger partial charge is 0.325 e. The van der Waals surface area contributed by atoms with E-state index in [2.05, 4.69) is 10.3 Å². The third-order valence-electron chi connectivity index (χ3n) is 2.51. The second kappa shape index (κ2) is 5.79. The number of anilines is 1. The molecule has 0 radical (unpaired) electrons. The van der Waals surface area contributed by atoms with Gasteiger partial charge in [-0.05, 0) is 23.8 Å². The molecule has 0 spiro atoms. The van der Waals surface area contributed by atoms with Crippen LogP contribution in [0.3, 0.4) is 0 Å². The van der Waals surface area contributed by atoms with E-state index in [0.717, 1.165) is 6.07 Å². The predicted octanol–water partition coefficient (Wildman–Crippen LogP) is 1.92. The first kappa shape index (κ1) is 14.1. The number of nitrogens with one attached hydrogen (secondary N) is 1. The fourth-order valence-electron chi connectivity index (χ4n) is 1.67. The molecule has 0 aliphatic rings. The number of amides is 1. The van der Waals surface area contributed by atoms with Gasteiger partial charge in [-0.25, -0.2) is 0 Å². The van der Waals surface area contributed by atoms with E-state index in [4.69, 9.17) is 0 Å². The maximum atomic E-state index is 13.1. The van der Waals surface area contributed by atoms with Gasteiger partial charge in [0.1, 0.15) is 4.90 Å². The summed E-state index contributed by atoms with van der Waals surface area (Å²) < 4.78 is 35.0. The standard InChI is InChI=1S/C13H11FN2O3S/c14-20(18,19)12-6-2-1-5-11(12)16-13(17)8-10-4-3-7-15-9-10/h1-7,9H,8H2,(H,16,17). The zero-order valence-corrected chi connectivity index (χ0v) is 11.1. The van der Waals surface area contributed by atoms with Gasteiger partial charge in [0.25, 0.3) is 0 Å². The third-order valence-corrected chi connectivity index (χ3v) is 3.39. The van der Waals surface area contributed by atoms with Crippen LogP contribution in [0.1, 0.15) is 5.56 Å². The molecule has 0 saturated carbocycles. The van der Waals surface area contributed by atoms with Gasteiger partial charge in [-0.2, -0.15) is 8.42 Å². The highest BCUT2D eigenvalue weighted by Crippen LogP contribution is 2.22. The van der Waals surface area contributed by atoms with E-state index < -0.39 is 21.0 Å². The van der Waals surface area contributed by atoms with E-state index in [1.54, 1.807) is 18.3 Å². The molecule has 1 heterocycles. The third kappa shape index (κ3) is 3.61.